The molecule has 0 spiro atoms. The van der Waals surface area contributed by atoms with E-state index in [0.717, 1.165) is 5.65 Å². The summed E-state index contributed by atoms with van der Waals surface area (Å²) in [7, 11) is 0. The van der Waals surface area contributed by atoms with Gasteiger partial charge in [0.2, 0.25) is 0 Å². The molecule has 14 heavy (non-hydrogen) atoms. The van der Waals surface area contributed by atoms with E-state index in [9.17, 15) is 4.79 Å². The average molecular weight is 190 g/mol. The van der Waals surface area contributed by atoms with Gasteiger partial charge in [-0.1, -0.05) is 6.07 Å². The van der Waals surface area contributed by atoms with Crippen molar-refractivity contribution in [2.24, 2.45) is 0 Å². The molecule has 0 saturated heterocycles. The molecule has 4 nitrogen and oxygen atoms in total. The zero-order chi connectivity index (χ0) is 9.97. The van der Waals surface area contributed by atoms with Crippen molar-refractivity contribution in [1.29, 1.82) is 0 Å². The molecule has 0 atom stereocenters. The Bertz CT molecular complexity index is 462. The lowest BCUT2D eigenvalue weighted by Crippen LogP contribution is -2.07. The van der Waals surface area contributed by atoms with Crippen molar-refractivity contribution in [3.8, 4) is 0 Å². The predicted octanol–water partition coefficient (Wildman–Crippen LogP) is 1.51. The zero-order valence-electron chi connectivity index (χ0n) is 7.80. The molecule has 0 unspecified atom stereocenters. The molecule has 0 saturated carbocycles. The largest absolute Gasteiger partial charge is 0.461 e. The van der Waals surface area contributed by atoms with Gasteiger partial charge in [-0.2, -0.15) is 0 Å². The van der Waals surface area contributed by atoms with E-state index in [4.69, 9.17) is 4.74 Å². The van der Waals surface area contributed by atoms with Crippen LogP contribution in [0.5, 0.6) is 0 Å². The number of fused-ring (bicyclic) bond motifs is 1. The standard InChI is InChI=1S/C10H10N2O2/c1-2-14-10(13)8-7-11-9-5-3-4-6-12(8)9/h3-7H,2H2,1H3. The number of pyridine rings is 1. The normalized spacial score (nSPS) is 10.4. The molecule has 0 radical (unpaired) electrons. The van der Waals surface area contributed by atoms with Gasteiger partial charge in [-0.05, 0) is 19.1 Å². The molecular formula is C10H10N2O2. The van der Waals surface area contributed by atoms with Crippen LogP contribution in [0.25, 0.3) is 5.65 Å². The number of ether oxygens (including phenoxy) is 1. The first-order valence-electron chi connectivity index (χ1n) is 4.42. The van der Waals surface area contributed by atoms with Crippen molar-refractivity contribution in [3.63, 3.8) is 0 Å². The lowest BCUT2D eigenvalue weighted by molar-refractivity contribution is 0.0518. The highest BCUT2D eigenvalue weighted by atomic mass is 16.5. The number of esters is 1. The molecule has 2 heterocycles. The van der Waals surface area contributed by atoms with Crippen molar-refractivity contribution < 1.29 is 9.53 Å². The molecule has 0 bridgehead atoms. The molecule has 0 aliphatic rings. The van der Waals surface area contributed by atoms with E-state index >= 15 is 0 Å². The summed E-state index contributed by atoms with van der Waals surface area (Å²) in [6.45, 7) is 2.15. The Balaban J connectivity index is 2.47. The van der Waals surface area contributed by atoms with Crippen LogP contribution in [-0.2, 0) is 4.74 Å². The maximum Gasteiger partial charge on any atom is 0.356 e. The molecule has 0 fully saturated rings. The number of hydrogen-bond donors (Lipinski definition) is 0. The third-order valence-electron chi connectivity index (χ3n) is 1.90. The third kappa shape index (κ3) is 1.35. The van der Waals surface area contributed by atoms with Crippen molar-refractivity contribution in [2.75, 3.05) is 6.61 Å². The van der Waals surface area contributed by atoms with E-state index in [-0.39, 0.29) is 5.97 Å². The van der Waals surface area contributed by atoms with Crippen LogP contribution in [0.1, 0.15) is 17.4 Å². The van der Waals surface area contributed by atoms with E-state index in [2.05, 4.69) is 4.98 Å². The summed E-state index contributed by atoms with van der Waals surface area (Å²) in [5.74, 6) is -0.341. The topological polar surface area (TPSA) is 43.6 Å². The van der Waals surface area contributed by atoms with Crippen LogP contribution in [0.4, 0.5) is 0 Å². The Hall–Kier alpha value is -1.84. The number of rotatable bonds is 2. The third-order valence-corrected chi connectivity index (χ3v) is 1.90. The Labute approximate surface area is 81.1 Å². The highest BCUT2D eigenvalue weighted by molar-refractivity contribution is 5.88. The second-order valence-electron chi connectivity index (χ2n) is 2.79. The lowest BCUT2D eigenvalue weighted by atomic mass is 10.4. The fraction of sp³-hybridized carbons (Fsp3) is 0.200. The summed E-state index contributed by atoms with van der Waals surface area (Å²) in [5, 5.41) is 0. The van der Waals surface area contributed by atoms with Gasteiger partial charge in [0, 0.05) is 6.20 Å². The highest BCUT2D eigenvalue weighted by Gasteiger charge is 2.11. The summed E-state index contributed by atoms with van der Waals surface area (Å²) in [6.07, 6.45) is 3.31. The maximum absolute atomic E-state index is 11.4. The van der Waals surface area contributed by atoms with Crippen molar-refractivity contribution in [3.05, 3.63) is 36.3 Å². The van der Waals surface area contributed by atoms with Gasteiger partial charge in [0.15, 0.2) is 5.69 Å². The van der Waals surface area contributed by atoms with Crippen LogP contribution < -0.4 is 0 Å². The first-order valence-corrected chi connectivity index (χ1v) is 4.42. The summed E-state index contributed by atoms with van der Waals surface area (Å²) in [4.78, 5) is 15.5. The minimum Gasteiger partial charge on any atom is -0.461 e. The molecular weight excluding hydrogens is 180 g/mol. The minimum atomic E-state index is -0.341. The van der Waals surface area contributed by atoms with Crippen LogP contribution in [0.3, 0.4) is 0 Å². The van der Waals surface area contributed by atoms with Crippen molar-refractivity contribution >= 4 is 11.6 Å². The van der Waals surface area contributed by atoms with Crippen molar-refractivity contribution in [1.82, 2.24) is 9.38 Å². The SMILES string of the molecule is CCOC(=O)c1cnc2ccccn12. The predicted molar refractivity (Wildman–Crippen MR) is 51.1 cm³/mol. The minimum absolute atomic E-state index is 0.341. The number of carbonyl (C=O) groups excluding carboxylic acids is 1. The summed E-state index contributed by atoms with van der Waals surface area (Å²) in [6, 6.07) is 5.55. The van der Waals surface area contributed by atoms with E-state index in [1.54, 1.807) is 17.5 Å². The maximum atomic E-state index is 11.4. The second kappa shape index (κ2) is 3.49. The Kier molecular flexibility index (Phi) is 2.18. The van der Waals surface area contributed by atoms with E-state index in [1.165, 1.54) is 6.20 Å². The van der Waals surface area contributed by atoms with Gasteiger partial charge in [0.05, 0.1) is 12.8 Å². The van der Waals surface area contributed by atoms with Crippen LogP contribution in [-0.4, -0.2) is 22.0 Å². The van der Waals surface area contributed by atoms with Crippen LogP contribution in [0.2, 0.25) is 0 Å². The molecule has 0 aliphatic heterocycles. The molecule has 2 rings (SSSR count). The lowest BCUT2D eigenvalue weighted by Gasteiger charge is -2.00. The molecule has 2 aromatic heterocycles. The Morgan fingerprint density at radius 2 is 2.43 bits per heavy atom. The molecule has 0 aromatic carbocycles. The fourth-order valence-electron chi connectivity index (χ4n) is 1.29. The molecule has 0 aliphatic carbocycles. The van der Waals surface area contributed by atoms with Gasteiger partial charge in [-0.25, -0.2) is 9.78 Å². The summed E-state index contributed by atoms with van der Waals surface area (Å²) >= 11 is 0. The first kappa shape index (κ1) is 8.74. The fourth-order valence-corrected chi connectivity index (χ4v) is 1.29. The van der Waals surface area contributed by atoms with E-state index in [0.29, 0.717) is 12.3 Å². The van der Waals surface area contributed by atoms with Gasteiger partial charge >= 0.3 is 5.97 Å². The van der Waals surface area contributed by atoms with E-state index < -0.39 is 0 Å². The second-order valence-corrected chi connectivity index (χ2v) is 2.79. The number of aromatic nitrogens is 2. The van der Waals surface area contributed by atoms with Gasteiger partial charge in [0.25, 0.3) is 0 Å². The van der Waals surface area contributed by atoms with Gasteiger partial charge in [-0.3, -0.25) is 4.40 Å². The van der Waals surface area contributed by atoms with Crippen molar-refractivity contribution in [2.45, 2.75) is 6.92 Å². The number of imidazole rings is 1. The van der Waals surface area contributed by atoms with Crippen LogP contribution in [0.15, 0.2) is 30.6 Å². The Morgan fingerprint density at radius 3 is 3.21 bits per heavy atom. The van der Waals surface area contributed by atoms with Crippen LogP contribution in [0, 0.1) is 0 Å². The van der Waals surface area contributed by atoms with E-state index in [1.807, 2.05) is 18.2 Å². The molecule has 0 amide bonds. The Morgan fingerprint density at radius 1 is 1.57 bits per heavy atom. The quantitative estimate of drug-likeness (QED) is 0.674. The van der Waals surface area contributed by atoms with Gasteiger partial charge < -0.3 is 4.74 Å². The average Bonchev–Trinajstić information content (AvgIpc) is 2.61. The smallest absolute Gasteiger partial charge is 0.356 e. The van der Waals surface area contributed by atoms with Gasteiger partial charge in [0.1, 0.15) is 5.65 Å². The summed E-state index contributed by atoms with van der Waals surface area (Å²) in [5.41, 5.74) is 1.21. The summed E-state index contributed by atoms with van der Waals surface area (Å²) < 4.78 is 6.60. The number of nitrogens with zero attached hydrogens (tertiary/aromatic N) is 2. The number of hydrogen-bond acceptors (Lipinski definition) is 3. The zero-order valence-corrected chi connectivity index (χ0v) is 7.80. The molecule has 72 valence electrons. The van der Waals surface area contributed by atoms with Crippen LogP contribution >= 0.6 is 0 Å². The number of carbonyl (C=O) groups is 1. The molecule has 2 aromatic rings. The molecule has 0 N–H and O–H groups in total. The highest BCUT2D eigenvalue weighted by Crippen LogP contribution is 2.06. The van der Waals surface area contributed by atoms with Gasteiger partial charge in [-0.15, -0.1) is 0 Å². The monoisotopic (exact) mass is 190 g/mol. The molecule has 4 heteroatoms. The first-order chi connectivity index (χ1) is 6.83.